The lowest BCUT2D eigenvalue weighted by Crippen LogP contribution is -2.46. The molecule has 0 aromatic heterocycles. The van der Waals surface area contributed by atoms with Crippen molar-refractivity contribution >= 4 is 21.8 Å². The number of rotatable bonds is 7. The summed E-state index contributed by atoms with van der Waals surface area (Å²) in [6, 6.07) is 11.1. The number of hydrazine groups is 1. The summed E-state index contributed by atoms with van der Waals surface area (Å²) in [5.41, 5.74) is 6.65. The highest BCUT2D eigenvalue weighted by molar-refractivity contribution is 7.89. The first-order valence-electron chi connectivity index (χ1n) is 8.62. The number of nitrogens with one attached hydrogen (secondary N) is 3. The predicted molar refractivity (Wildman–Crippen MR) is 104 cm³/mol. The minimum absolute atomic E-state index is 0.00284. The highest BCUT2D eigenvalue weighted by atomic mass is 32.2. The molecule has 0 fully saturated rings. The Kier molecular flexibility index (Phi) is 7.13. The molecule has 3 N–H and O–H groups in total. The Labute approximate surface area is 164 Å². The summed E-state index contributed by atoms with van der Waals surface area (Å²) < 4.78 is 31.9. The van der Waals surface area contributed by atoms with E-state index in [0.29, 0.717) is 17.9 Å². The number of ether oxygens (including phenoxy) is 1. The van der Waals surface area contributed by atoms with Gasteiger partial charge in [0.05, 0.1) is 18.0 Å². The third-order valence-corrected chi connectivity index (χ3v) is 5.23. The zero-order valence-corrected chi connectivity index (χ0v) is 16.7. The molecule has 0 bridgehead atoms. The van der Waals surface area contributed by atoms with Gasteiger partial charge in [-0.2, -0.15) is 0 Å². The smallest absolute Gasteiger partial charge is 0.269 e. The van der Waals surface area contributed by atoms with Gasteiger partial charge in [0.1, 0.15) is 5.75 Å². The lowest BCUT2D eigenvalue weighted by molar-refractivity contribution is -0.120. The van der Waals surface area contributed by atoms with Gasteiger partial charge in [0, 0.05) is 5.56 Å². The second-order valence-corrected chi connectivity index (χ2v) is 7.82. The van der Waals surface area contributed by atoms with E-state index in [1.807, 2.05) is 19.9 Å². The summed E-state index contributed by atoms with van der Waals surface area (Å²) in [4.78, 5) is 24.0. The summed E-state index contributed by atoms with van der Waals surface area (Å²) in [5.74, 6) is -0.638. The summed E-state index contributed by atoms with van der Waals surface area (Å²) in [5, 5.41) is 0. The topological polar surface area (TPSA) is 114 Å². The average molecular weight is 405 g/mol. The van der Waals surface area contributed by atoms with Gasteiger partial charge in [-0.15, -0.1) is 0 Å². The third kappa shape index (κ3) is 5.80. The lowest BCUT2D eigenvalue weighted by Gasteiger charge is -2.11. The van der Waals surface area contributed by atoms with Crippen LogP contribution >= 0.6 is 0 Å². The van der Waals surface area contributed by atoms with E-state index in [1.165, 1.54) is 24.3 Å². The van der Waals surface area contributed by atoms with Crippen LogP contribution in [0.2, 0.25) is 0 Å². The molecule has 2 aromatic carbocycles. The molecule has 0 aliphatic heterocycles. The largest absolute Gasteiger partial charge is 0.494 e. The van der Waals surface area contributed by atoms with E-state index in [0.717, 1.165) is 11.1 Å². The van der Waals surface area contributed by atoms with Crippen molar-refractivity contribution in [1.29, 1.82) is 0 Å². The fourth-order valence-corrected chi connectivity index (χ4v) is 3.41. The molecule has 0 aliphatic rings. The molecular formula is C19H23N3O5S. The Morgan fingerprint density at radius 3 is 2.29 bits per heavy atom. The van der Waals surface area contributed by atoms with Gasteiger partial charge >= 0.3 is 0 Å². The van der Waals surface area contributed by atoms with E-state index < -0.39 is 28.4 Å². The number of hydrogen-bond acceptors (Lipinski definition) is 5. The molecule has 150 valence electrons. The molecule has 0 spiro atoms. The molecule has 0 saturated carbocycles. The molecule has 9 heteroatoms. The Balaban J connectivity index is 1.88. The first-order chi connectivity index (χ1) is 13.2. The van der Waals surface area contributed by atoms with Crippen LogP contribution in [-0.2, 0) is 14.8 Å². The van der Waals surface area contributed by atoms with Crippen molar-refractivity contribution in [2.45, 2.75) is 25.7 Å². The van der Waals surface area contributed by atoms with Crippen LogP contribution in [0.1, 0.15) is 28.4 Å². The lowest BCUT2D eigenvalue weighted by atomic mass is 10.1. The molecule has 0 atom stereocenters. The van der Waals surface area contributed by atoms with Gasteiger partial charge in [-0.25, -0.2) is 13.1 Å². The van der Waals surface area contributed by atoms with Crippen LogP contribution in [0.5, 0.6) is 5.75 Å². The minimum Gasteiger partial charge on any atom is -0.494 e. The van der Waals surface area contributed by atoms with Crippen molar-refractivity contribution in [3.8, 4) is 5.75 Å². The monoisotopic (exact) mass is 405 g/mol. The SMILES string of the molecule is CCOc1ccc(S(=O)(=O)NCC(=O)NNC(=O)c2ccc(C)cc2C)cc1. The number of sulfonamides is 1. The number of hydrogen-bond donors (Lipinski definition) is 3. The van der Waals surface area contributed by atoms with Gasteiger partial charge in [-0.3, -0.25) is 20.4 Å². The van der Waals surface area contributed by atoms with E-state index in [2.05, 4.69) is 15.6 Å². The van der Waals surface area contributed by atoms with E-state index in [-0.39, 0.29) is 4.90 Å². The molecule has 0 radical (unpaired) electrons. The average Bonchev–Trinajstić information content (AvgIpc) is 2.65. The Morgan fingerprint density at radius 1 is 1.00 bits per heavy atom. The predicted octanol–water partition coefficient (Wildman–Crippen LogP) is 1.44. The molecule has 0 heterocycles. The maximum atomic E-state index is 12.2. The van der Waals surface area contributed by atoms with Crippen LogP contribution in [0, 0.1) is 13.8 Å². The molecule has 0 aliphatic carbocycles. The van der Waals surface area contributed by atoms with Crippen LogP contribution in [0.4, 0.5) is 0 Å². The van der Waals surface area contributed by atoms with Gasteiger partial charge in [0.25, 0.3) is 11.8 Å². The second-order valence-electron chi connectivity index (χ2n) is 6.05. The van der Waals surface area contributed by atoms with Crippen LogP contribution in [-0.4, -0.2) is 33.4 Å². The number of benzene rings is 2. The fraction of sp³-hybridized carbons (Fsp3) is 0.263. The van der Waals surface area contributed by atoms with Gasteiger partial charge < -0.3 is 4.74 Å². The molecule has 2 amide bonds. The van der Waals surface area contributed by atoms with Gasteiger partial charge in [0.2, 0.25) is 10.0 Å². The first kappa shape index (κ1) is 21.4. The molecule has 0 unspecified atom stereocenters. The van der Waals surface area contributed by atoms with Gasteiger partial charge in [-0.05, 0) is 56.7 Å². The summed E-state index contributed by atoms with van der Waals surface area (Å²) >= 11 is 0. The van der Waals surface area contributed by atoms with E-state index in [1.54, 1.807) is 19.1 Å². The van der Waals surface area contributed by atoms with Crippen LogP contribution in [0.15, 0.2) is 47.4 Å². The number of aryl methyl sites for hydroxylation is 2. The van der Waals surface area contributed by atoms with E-state index in [4.69, 9.17) is 4.74 Å². The maximum Gasteiger partial charge on any atom is 0.269 e. The fourth-order valence-electron chi connectivity index (χ4n) is 2.43. The molecule has 0 saturated heterocycles. The number of carbonyl (C=O) groups excluding carboxylic acids is 2. The van der Waals surface area contributed by atoms with Crippen molar-refractivity contribution in [2.75, 3.05) is 13.2 Å². The van der Waals surface area contributed by atoms with Crippen LogP contribution in [0.25, 0.3) is 0 Å². The normalized spacial score (nSPS) is 11.0. The second kappa shape index (κ2) is 9.34. The summed E-state index contributed by atoms with van der Waals surface area (Å²) in [7, 11) is -3.87. The van der Waals surface area contributed by atoms with Crippen molar-refractivity contribution in [3.63, 3.8) is 0 Å². The zero-order valence-electron chi connectivity index (χ0n) is 15.9. The molecular weight excluding hydrogens is 382 g/mol. The highest BCUT2D eigenvalue weighted by Crippen LogP contribution is 2.15. The van der Waals surface area contributed by atoms with Crippen molar-refractivity contribution < 1.29 is 22.7 Å². The molecule has 2 aromatic rings. The Hall–Kier alpha value is -2.91. The van der Waals surface area contributed by atoms with E-state index >= 15 is 0 Å². The minimum atomic E-state index is -3.87. The van der Waals surface area contributed by atoms with Gasteiger partial charge in [-0.1, -0.05) is 17.7 Å². The van der Waals surface area contributed by atoms with Gasteiger partial charge in [0.15, 0.2) is 0 Å². The van der Waals surface area contributed by atoms with Crippen LogP contribution < -0.4 is 20.3 Å². The van der Waals surface area contributed by atoms with Crippen molar-refractivity contribution in [2.24, 2.45) is 0 Å². The third-order valence-electron chi connectivity index (χ3n) is 3.81. The molecule has 28 heavy (non-hydrogen) atoms. The first-order valence-corrected chi connectivity index (χ1v) is 10.1. The standard InChI is InChI=1S/C19H23N3O5S/c1-4-27-15-6-8-16(9-7-15)28(25,26)20-12-18(23)21-22-19(24)17-10-5-13(2)11-14(17)3/h5-11,20H,4,12H2,1-3H3,(H,21,23)(H,22,24). The van der Waals surface area contributed by atoms with Crippen LogP contribution in [0.3, 0.4) is 0 Å². The van der Waals surface area contributed by atoms with Crippen molar-refractivity contribution in [3.05, 3.63) is 59.2 Å². The van der Waals surface area contributed by atoms with E-state index in [9.17, 15) is 18.0 Å². The Bertz CT molecular complexity index is 956. The summed E-state index contributed by atoms with van der Waals surface area (Å²) in [6.45, 7) is 5.46. The summed E-state index contributed by atoms with van der Waals surface area (Å²) in [6.07, 6.45) is 0. The Morgan fingerprint density at radius 2 is 1.68 bits per heavy atom. The maximum absolute atomic E-state index is 12.2. The zero-order chi connectivity index (χ0) is 20.7. The van der Waals surface area contributed by atoms with Crippen molar-refractivity contribution in [1.82, 2.24) is 15.6 Å². The number of amides is 2. The molecule has 8 nitrogen and oxygen atoms in total. The quantitative estimate of drug-likeness (QED) is 0.603. The number of carbonyl (C=O) groups is 2. The highest BCUT2D eigenvalue weighted by Gasteiger charge is 2.16. The molecule has 2 rings (SSSR count).